The Labute approximate surface area is 224 Å². The number of piperidine rings is 1. The van der Waals surface area contributed by atoms with Gasteiger partial charge in [-0.25, -0.2) is 8.42 Å². The average molecular weight is 544 g/mol. The van der Waals surface area contributed by atoms with Crippen molar-refractivity contribution in [2.75, 3.05) is 36.5 Å². The number of aliphatic hydroxyl groups excluding tert-OH is 1. The zero-order valence-electron chi connectivity index (χ0n) is 22.0. The molecular weight excluding hydrogens is 506 g/mol. The molecule has 0 aliphatic carbocycles. The van der Waals surface area contributed by atoms with E-state index in [9.17, 15) is 18.3 Å². The molecule has 38 heavy (non-hydrogen) atoms. The van der Waals surface area contributed by atoms with Gasteiger partial charge in [-0.2, -0.15) is 9.97 Å². The molecule has 1 aromatic heterocycles. The lowest BCUT2D eigenvalue weighted by molar-refractivity contribution is -0.0139. The Hall–Kier alpha value is -2.76. The van der Waals surface area contributed by atoms with Gasteiger partial charge in [-0.3, -0.25) is 9.69 Å². The number of aromatic nitrogens is 2. The van der Waals surface area contributed by atoms with Gasteiger partial charge in [0.25, 0.3) is 5.91 Å². The fourth-order valence-electron chi connectivity index (χ4n) is 5.61. The number of nitrogens with one attached hydrogen (secondary N) is 1. The molecule has 1 amide bonds. The van der Waals surface area contributed by atoms with Crippen LogP contribution < -0.4 is 10.1 Å². The summed E-state index contributed by atoms with van der Waals surface area (Å²) in [5.41, 5.74) is 2.87. The number of β-amino-alcohol motifs (C(OH)–C–C–N with tert-alkyl or cyclic N) is 1. The van der Waals surface area contributed by atoms with Crippen molar-refractivity contribution in [3.05, 3.63) is 47.2 Å². The number of aliphatic hydroxyl groups is 1. The van der Waals surface area contributed by atoms with Crippen LogP contribution in [0.1, 0.15) is 54.7 Å². The third kappa shape index (κ3) is 6.27. The van der Waals surface area contributed by atoms with Crippen LogP contribution in [0, 0.1) is 0 Å². The van der Waals surface area contributed by atoms with Crippen molar-refractivity contribution in [2.45, 2.75) is 70.4 Å². The zero-order valence-corrected chi connectivity index (χ0v) is 22.9. The molecule has 3 aliphatic heterocycles. The van der Waals surface area contributed by atoms with E-state index in [2.05, 4.69) is 44.5 Å². The van der Waals surface area contributed by atoms with E-state index >= 15 is 0 Å². The second-order valence-corrected chi connectivity index (χ2v) is 13.1. The molecule has 2 N–H and O–H groups in total. The summed E-state index contributed by atoms with van der Waals surface area (Å²) in [6.07, 6.45) is 1.77. The number of fused-ring (bicyclic) bond motifs is 1. The summed E-state index contributed by atoms with van der Waals surface area (Å²) >= 11 is 0. The van der Waals surface area contributed by atoms with Crippen LogP contribution in [-0.2, 0) is 22.8 Å². The summed E-state index contributed by atoms with van der Waals surface area (Å²) in [4.78, 5) is 26.3. The number of likely N-dealkylation sites (tertiary alicyclic amines) is 1. The second kappa shape index (κ2) is 11.2. The van der Waals surface area contributed by atoms with Crippen molar-refractivity contribution in [3.63, 3.8) is 0 Å². The van der Waals surface area contributed by atoms with E-state index < -0.39 is 15.9 Å². The molecule has 3 aliphatic rings. The molecule has 206 valence electrons. The summed E-state index contributed by atoms with van der Waals surface area (Å²) in [7, 11) is -2.99. The van der Waals surface area contributed by atoms with E-state index in [1.807, 2.05) is 13.8 Å². The number of amides is 1. The van der Waals surface area contributed by atoms with Crippen molar-refractivity contribution in [1.82, 2.24) is 19.8 Å². The van der Waals surface area contributed by atoms with Crippen LogP contribution in [0.15, 0.2) is 30.3 Å². The Bertz CT molecular complexity index is 1260. The van der Waals surface area contributed by atoms with Crippen molar-refractivity contribution < 1.29 is 23.1 Å². The van der Waals surface area contributed by atoms with Gasteiger partial charge in [0, 0.05) is 44.3 Å². The van der Waals surface area contributed by atoms with Crippen molar-refractivity contribution in [2.24, 2.45) is 0 Å². The van der Waals surface area contributed by atoms with E-state index in [-0.39, 0.29) is 53.8 Å². The Kier molecular flexibility index (Phi) is 7.88. The van der Waals surface area contributed by atoms with E-state index in [4.69, 9.17) is 4.74 Å². The smallest absolute Gasteiger partial charge is 0.319 e. The van der Waals surface area contributed by atoms with Crippen molar-refractivity contribution in [3.8, 4) is 6.01 Å². The van der Waals surface area contributed by atoms with E-state index in [1.54, 1.807) is 11.0 Å². The predicted octanol–water partition coefficient (Wildman–Crippen LogP) is 1.89. The van der Waals surface area contributed by atoms with Crippen LogP contribution in [0.2, 0.25) is 0 Å². The van der Waals surface area contributed by atoms with E-state index in [1.165, 1.54) is 11.1 Å². The second-order valence-electron chi connectivity index (χ2n) is 10.8. The number of rotatable bonds is 6. The van der Waals surface area contributed by atoms with Gasteiger partial charge >= 0.3 is 6.01 Å². The monoisotopic (exact) mass is 543 g/mol. The minimum absolute atomic E-state index is 0.00236. The predicted molar refractivity (Wildman–Crippen MR) is 144 cm³/mol. The Morgan fingerprint density at radius 2 is 1.84 bits per heavy atom. The highest BCUT2D eigenvalue weighted by atomic mass is 32.2. The Morgan fingerprint density at radius 3 is 2.55 bits per heavy atom. The lowest BCUT2D eigenvalue weighted by Gasteiger charge is -2.43. The van der Waals surface area contributed by atoms with Gasteiger partial charge in [-0.1, -0.05) is 24.3 Å². The molecule has 5 rings (SSSR count). The first-order valence-corrected chi connectivity index (χ1v) is 15.3. The number of anilines is 1. The summed E-state index contributed by atoms with van der Waals surface area (Å²) in [5.74, 6) is 0.418. The van der Waals surface area contributed by atoms with Crippen LogP contribution >= 0.6 is 0 Å². The molecule has 2 atom stereocenters. The quantitative estimate of drug-likeness (QED) is 0.562. The van der Waals surface area contributed by atoms with Gasteiger partial charge in [0.15, 0.2) is 0 Å². The number of sulfone groups is 1. The number of carbonyl (C=O) groups excluding carboxylic acids is 1. The van der Waals surface area contributed by atoms with Gasteiger partial charge in [-0.15, -0.1) is 0 Å². The summed E-state index contributed by atoms with van der Waals surface area (Å²) in [6.45, 7) is 6.17. The topological polar surface area (TPSA) is 125 Å². The van der Waals surface area contributed by atoms with Gasteiger partial charge in [0.05, 0.1) is 23.7 Å². The third-order valence-corrected chi connectivity index (χ3v) is 9.35. The lowest BCUT2D eigenvalue weighted by atomic mass is 9.94. The van der Waals surface area contributed by atoms with Crippen molar-refractivity contribution in [1.29, 1.82) is 0 Å². The Balaban J connectivity index is 1.27. The fraction of sp³-hybridized carbons (Fsp3) is 0.593. The SMILES string of the molecule is CC(C)Oc1nc(NC2CCS(=O)(=O)CC2)cc(C(=O)N2CC[C@@H](N3CCc4ccccc4C3)[C@H](O)C2)n1. The maximum atomic E-state index is 13.5. The molecule has 4 heterocycles. The summed E-state index contributed by atoms with van der Waals surface area (Å²) in [5, 5.41) is 14.3. The number of benzene rings is 1. The molecular formula is C27H37N5O5S. The number of hydrogen-bond donors (Lipinski definition) is 2. The minimum atomic E-state index is -2.99. The third-order valence-electron chi connectivity index (χ3n) is 7.64. The molecule has 1 aromatic carbocycles. The first kappa shape index (κ1) is 26.8. The molecule has 0 bridgehead atoms. The molecule has 0 spiro atoms. The summed E-state index contributed by atoms with van der Waals surface area (Å²) in [6, 6.07) is 10.1. The summed E-state index contributed by atoms with van der Waals surface area (Å²) < 4.78 is 29.3. The van der Waals surface area contributed by atoms with E-state index in [0.29, 0.717) is 31.6 Å². The van der Waals surface area contributed by atoms with Crippen LogP contribution in [0.4, 0.5) is 5.82 Å². The van der Waals surface area contributed by atoms with Gasteiger partial charge in [-0.05, 0) is 50.7 Å². The highest BCUT2D eigenvalue weighted by Gasteiger charge is 2.36. The average Bonchev–Trinajstić information content (AvgIpc) is 2.88. The van der Waals surface area contributed by atoms with Gasteiger partial charge in [0.2, 0.25) is 0 Å². The van der Waals surface area contributed by atoms with Gasteiger partial charge < -0.3 is 20.1 Å². The highest BCUT2D eigenvalue weighted by Crippen LogP contribution is 2.26. The van der Waals surface area contributed by atoms with Crippen LogP contribution in [0.25, 0.3) is 0 Å². The first-order chi connectivity index (χ1) is 18.2. The minimum Gasteiger partial charge on any atom is -0.461 e. The van der Waals surface area contributed by atoms with Crippen LogP contribution in [-0.4, -0.2) is 94.6 Å². The van der Waals surface area contributed by atoms with Crippen molar-refractivity contribution >= 4 is 21.6 Å². The number of ether oxygens (including phenoxy) is 1. The maximum absolute atomic E-state index is 13.5. The maximum Gasteiger partial charge on any atom is 0.319 e. The lowest BCUT2D eigenvalue weighted by Crippen LogP contribution is -2.56. The molecule has 2 fully saturated rings. The normalized spacial score (nSPS) is 24.2. The first-order valence-electron chi connectivity index (χ1n) is 13.5. The largest absolute Gasteiger partial charge is 0.461 e. The fourth-order valence-corrected chi connectivity index (χ4v) is 7.10. The molecule has 2 saturated heterocycles. The number of hydrogen-bond acceptors (Lipinski definition) is 9. The van der Waals surface area contributed by atoms with Gasteiger partial charge in [0.1, 0.15) is 21.3 Å². The zero-order chi connectivity index (χ0) is 26.9. The molecule has 0 saturated carbocycles. The molecule has 11 heteroatoms. The molecule has 0 unspecified atom stereocenters. The molecule has 10 nitrogen and oxygen atoms in total. The van der Waals surface area contributed by atoms with Crippen LogP contribution in [0.3, 0.4) is 0 Å². The Morgan fingerprint density at radius 1 is 1.11 bits per heavy atom. The number of nitrogens with zero attached hydrogens (tertiary/aromatic N) is 4. The van der Waals surface area contributed by atoms with Crippen LogP contribution in [0.5, 0.6) is 6.01 Å². The number of carbonyl (C=O) groups is 1. The molecule has 0 radical (unpaired) electrons. The molecule has 2 aromatic rings. The standard InChI is InChI=1S/C27H37N5O5S/c1-18(2)37-27-29-22(15-25(30-27)28-21-9-13-38(35,36)14-10-21)26(34)32-12-8-23(24(33)17-32)31-11-7-19-5-3-4-6-20(19)16-31/h3-6,15,18,21,23-24,33H,7-14,16-17H2,1-2H3,(H,28,29,30)/t23-,24-/m1/s1. The highest BCUT2D eigenvalue weighted by molar-refractivity contribution is 7.91. The van der Waals surface area contributed by atoms with E-state index in [0.717, 1.165) is 19.5 Å².